The van der Waals surface area contributed by atoms with Gasteiger partial charge in [-0.15, -0.1) is 0 Å². The molecule has 0 amide bonds. The zero-order valence-corrected chi connectivity index (χ0v) is 11.6. The van der Waals surface area contributed by atoms with Crippen LogP contribution in [0.25, 0.3) is 0 Å². The van der Waals surface area contributed by atoms with Gasteiger partial charge in [-0.05, 0) is 17.3 Å². The van der Waals surface area contributed by atoms with Crippen LogP contribution in [0.2, 0.25) is 0 Å². The molecule has 0 atom stereocenters. The van der Waals surface area contributed by atoms with Gasteiger partial charge in [0, 0.05) is 20.0 Å². The summed E-state index contributed by atoms with van der Waals surface area (Å²) in [4.78, 5) is 4.24. The molecule has 1 rings (SSSR count). The maximum Gasteiger partial charge on any atom is 0.0959 e. The second-order valence-electron chi connectivity index (χ2n) is 5.29. The fourth-order valence-corrected chi connectivity index (χ4v) is 1.61. The van der Waals surface area contributed by atoms with E-state index in [1.807, 2.05) is 20.9 Å². The summed E-state index contributed by atoms with van der Waals surface area (Å²) in [6.07, 6.45) is 2.31. The molecular weight excluding hydrogens is 184 g/mol. The average molecular weight is 212 g/mol. The van der Waals surface area contributed by atoms with Crippen molar-refractivity contribution < 1.29 is 0 Å². The number of nitrogens with zero attached hydrogens (tertiary/aromatic N) is 1. The summed E-state index contributed by atoms with van der Waals surface area (Å²) in [5.41, 5.74) is 0.742. The molecule has 0 aromatic rings. The Morgan fingerprint density at radius 3 is 2.07 bits per heavy atom. The van der Waals surface area contributed by atoms with Crippen LogP contribution in [0, 0.1) is 10.8 Å². The van der Waals surface area contributed by atoms with E-state index in [2.05, 4.69) is 38.0 Å². The Bertz CT molecular complexity index is 195. The Labute approximate surface area is 95.6 Å². The van der Waals surface area contributed by atoms with Crippen LogP contribution in [0.1, 0.15) is 54.4 Å². The van der Waals surface area contributed by atoms with Gasteiger partial charge in [0.05, 0.1) is 5.84 Å². The van der Waals surface area contributed by atoms with Crippen molar-refractivity contribution in [2.45, 2.75) is 54.4 Å². The van der Waals surface area contributed by atoms with Crippen LogP contribution in [0.15, 0.2) is 4.99 Å². The van der Waals surface area contributed by atoms with Gasteiger partial charge in [0.2, 0.25) is 0 Å². The van der Waals surface area contributed by atoms with Gasteiger partial charge in [-0.1, -0.05) is 41.5 Å². The molecule has 0 aromatic heterocycles. The van der Waals surface area contributed by atoms with Crippen molar-refractivity contribution in [1.29, 1.82) is 0 Å². The lowest BCUT2D eigenvalue weighted by atomic mass is 9.66. The smallest absolute Gasteiger partial charge is 0.0959 e. The monoisotopic (exact) mass is 212 g/mol. The second-order valence-corrected chi connectivity index (χ2v) is 5.29. The highest BCUT2D eigenvalue weighted by molar-refractivity contribution is 5.82. The maximum absolute atomic E-state index is 4.24. The van der Waals surface area contributed by atoms with E-state index in [1.165, 1.54) is 12.3 Å². The molecule has 1 heterocycles. The summed E-state index contributed by atoms with van der Waals surface area (Å²) < 4.78 is 0. The third kappa shape index (κ3) is 3.51. The highest BCUT2D eigenvalue weighted by atomic mass is 15.0. The molecule has 0 unspecified atom stereocenters. The van der Waals surface area contributed by atoms with Gasteiger partial charge in [-0.25, -0.2) is 0 Å². The highest BCUT2D eigenvalue weighted by Gasteiger charge is 2.38. The SMILES string of the molecule is CC.CN=C1CCC(C)(C)C(C)(C)CN1. The Kier molecular flexibility index (Phi) is 5.33. The zero-order chi connectivity index (χ0) is 12.1. The van der Waals surface area contributed by atoms with Crippen molar-refractivity contribution >= 4 is 5.84 Å². The van der Waals surface area contributed by atoms with Crippen molar-refractivity contribution in [2.24, 2.45) is 15.8 Å². The molecule has 1 N–H and O–H groups in total. The molecule has 15 heavy (non-hydrogen) atoms. The van der Waals surface area contributed by atoms with Crippen molar-refractivity contribution in [2.75, 3.05) is 13.6 Å². The van der Waals surface area contributed by atoms with Crippen LogP contribution < -0.4 is 5.32 Å². The summed E-state index contributed by atoms with van der Waals surface area (Å²) in [6, 6.07) is 0. The molecule has 2 nitrogen and oxygen atoms in total. The van der Waals surface area contributed by atoms with E-state index < -0.39 is 0 Å². The molecule has 2 heteroatoms. The minimum atomic E-state index is 0.347. The van der Waals surface area contributed by atoms with Crippen LogP contribution in [-0.4, -0.2) is 19.4 Å². The van der Waals surface area contributed by atoms with Gasteiger partial charge in [0.15, 0.2) is 0 Å². The quantitative estimate of drug-likeness (QED) is 0.653. The predicted molar refractivity (Wildman–Crippen MR) is 69.5 cm³/mol. The summed E-state index contributed by atoms with van der Waals surface area (Å²) in [5, 5.41) is 3.43. The minimum Gasteiger partial charge on any atom is -0.373 e. The van der Waals surface area contributed by atoms with Crippen LogP contribution >= 0.6 is 0 Å². The predicted octanol–water partition coefficient (Wildman–Crippen LogP) is 3.48. The van der Waals surface area contributed by atoms with Gasteiger partial charge in [0.1, 0.15) is 0 Å². The Balaban J connectivity index is 0.000000921. The summed E-state index contributed by atoms with van der Waals surface area (Å²) in [6.45, 7) is 14.4. The van der Waals surface area contributed by atoms with Gasteiger partial charge in [0.25, 0.3) is 0 Å². The number of rotatable bonds is 0. The molecule has 0 spiro atoms. The first kappa shape index (κ1) is 14.5. The van der Waals surface area contributed by atoms with Gasteiger partial charge in [-0.2, -0.15) is 0 Å². The van der Waals surface area contributed by atoms with Crippen LogP contribution in [-0.2, 0) is 0 Å². The average Bonchev–Trinajstić information content (AvgIpc) is 2.29. The molecule has 1 saturated heterocycles. The van der Waals surface area contributed by atoms with E-state index >= 15 is 0 Å². The number of amidine groups is 1. The highest BCUT2D eigenvalue weighted by Crippen LogP contribution is 2.42. The first-order chi connectivity index (χ1) is 6.89. The lowest BCUT2D eigenvalue weighted by Gasteiger charge is -2.39. The molecule has 0 saturated carbocycles. The van der Waals surface area contributed by atoms with Crippen LogP contribution in [0.4, 0.5) is 0 Å². The van der Waals surface area contributed by atoms with E-state index in [4.69, 9.17) is 0 Å². The zero-order valence-electron chi connectivity index (χ0n) is 11.6. The maximum atomic E-state index is 4.24. The molecule has 1 fully saturated rings. The van der Waals surface area contributed by atoms with Gasteiger partial charge >= 0.3 is 0 Å². The summed E-state index contributed by atoms with van der Waals surface area (Å²) in [7, 11) is 1.87. The largest absolute Gasteiger partial charge is 0.373 e. The van der Waals surface area contributed by atoms with Crippen molar-refractivity contribution in [3.63, 3.8) is 0 Å². The third-order valence-corrected chi connectivity index (χ3v) is 3.82. The first-order valence-electron chi connectivity index (χ1n) is 6.09. The first-order valence-corrected chi connectivity index (χ1v) is 6.09. The number of hydrogen-bond acceptors (Lipinski definition) is 1. The minimum absolute atomic E-state index is 0.347. The van der Waals surface area contributed by atoms with E-state index in [9.17, 15) is 0 Å². The van der Waals surface area contributed by atoms with Crippen molar-refractivity contribution in [3.8, 4) is 0 Å². The number of nitrogens with one attached hydrogen (secondary N) is 1. The number of hydrogen-bond donors (Lipinski definition) is 1. The molecule has 90 valence electrons. The fourth-order valence-electron chi connectivity index (χ4n) is 1.61. The van der Waals surface area contributed by atoms with Gasteiger partial charge < -0.3 is 5.32 Å². The van der Waals surface area contributed by atoms with Gasteiger partial charge in [-0.3, -0.25) is 4.99 Å². The van der Waals surface area contributed by atoms with Crippen molar-refractivity contribution in [1.82, 2.24) is 5.32 Å². The van der Waals surface area contributed by atoms with E-state index in [0.29, 0.717) is 10.8 Å². The molecular formula is C13H28N2. The summed E-state index contributed by atoms with van der Waals surface area (Å²) in [5.74, 6) is 1.17. The Morgan fingerprint density at radius 2 is 1.60 bits per heavy atom. The lowest BCUT2D eigenvalue weighted by molar-refractivity contribution is 0.113. The number of aliphatic imine (C=N–C) groups is 1. The molecule has 0 aromatic carbocycles. The fraction of sp³-hybridized carbons (Fsp3) is 0.923. The van der Waals surface area contributed by atoms with E-state index in [1.54, 1.807) is 0 Å². The van der Waals surface area contributed by atoms with Crippen molar-refractivity contribution in [3.05, 3.63) is 0 Å². The second kappa shape index (κ2) is 5.53. The molecule has 0 aliphatic carbocycles. The molecule has 1 aliphatic heterocycles. The Hall–Kier alpha value is -0.530. The van der Waals surface area contributed by atoms with E-state index in [0.717, 1.165) is 13.0 Å². The standard InChI is InChI=1S/C11H22N2.C2H6/c1-10(2)7-6-9(12-5)13-8-11(10,3)4;1-2/h6-8H2,1-5H3,(H,12,13);1-2H3. The Morgan fingerprint density at radius 1 is 1.07 bits per heavy atom. The molecule has 0 radical (unpaired) electrons. The topological polar surface area (TPSA) is 24.4 Å². The lowest BCUT2D eigenvalue weighted by Crippen LogP contribution is -2.39. The molecule has 0 bridgehead atoms. The van der Waals surface area contributed by atoms with E-state index in [-0.39, 0.29) is 0 Å². The normalized spacial score (nSPS) is 25.9. The third-order valence-electron chi connectivity index (χ3n) is 3.82. The van der Waals surface area contributed by atoms with Crippen LogP contribution in [0.3, 0.4) is 0 Å². The molecule has 1 aliphatic rings. The summed E-state index contributed by atoms with van der Waals surface area (Å²) >= 11 is 0. The van der Waals surface area contributed by atoms with Crippen LogP contribution in [0.5, 0.6) is 0 Å².